The molecule has 2 aromatic carbocycles. The van der Waals surface area contributed by atoms with Crippen LogP contribution in [-0.4, -0.2) is 18.0 Å². The molecule has 1 amide bonds. The SMILES string of the molecule is CCCN1c2cc(F)c(/C=C(\C#N)C(=O)Nc3ccc(F)cc3)cc2C(C)=CC1(C)C. The highest BCUT2D eigenvalue weighted by Crippen LogP contribution is 2.40. The zero-order chi connectivity index (χ0) is 22.8. The smallest absolute Gasteiger partial charge is 0.266 e. The Balaban J connectivity index is 1.98. The minimum Gasteiger partial charge on any atom is -0.362 e. The summed E-state index contributed by atoms with van der Waals surface area (Å²) in [4.78, 5) is 14.6. The average Bonchev–Trinajstić information content (AvgIpc) is 2.71. The number of fused-ring (bicyclic) bond motifs is 1. The van der Waals surface area contributed by atoms with Crippen molar-refractivity contribution in [3.8, 4) is 6.07 Å². The summed E-state index contributed by atoms with van der Waals surface area (Å²) in [5, 5.41) is 12.0. The van der Waals surface area contributed by atoms with Gasteiger partial charge in [-0.1, -0.05) is 13.0 Å². The molecule has 0 unspecified atom stereocenters. The van der Waals surface area contributed by atoms with Crippen molar-refractivity contribution in [2.45, 2.75) is 39.7 Å². The fourth-order valence-electron chi connectivity index (χ4n) is 3.89. The second-order valence-electron chi connectivity index (χ2n) is 8.15. The first-order valence-corrected chi connectivity index (χ1v) is 10.2. The zero-order valence-corrected chi connectivity index (χ0v) is 18.1. The van der Waals surface area contributed by atoms with Crippen molar-refractivity contribution >= 4 is 28.9 Å². The summed E-state index contributed by atoms with van der Waals surface area (Å²) in [6.45, 7) is 9.01. The van der Waals surface area contributed by atoms with Crippen LogP contribution in [0.25, 0.3) is 11.6 Å². The highest BCUT2D eigenvalue weighted by Gasteiger charge is 2.31. The first kappa shape index (κ1) is 22.2. The van der Waals surface area contributed by atoms with Gasteiger partial charge in [0.2, 0.25) is 0 Å². The summed E-state index contributed by atoms with van der Waals surface area (Å²) >= 11 is 0. The highest BCUT2D eigenvalue weighted by molar-refractivity contribution is 6.09. The lowest BCUT2D eigenvalue weighted by Crippen LogP contribution is -2.45. The van der Waals surface area contributed by atoms with Gasteiger partial charge in [-0.3, -0.25) is 4.79 Å². The quantitative estimate of drug-likeness (QED) is 0.481. The van der Waals surface area contributed by atoms with Gasteiger partial charge >= 0.3 is 0 Å². The van der Waals surface area contributed by atoms with E-state index < -0.39 is 17.5 Å². The molecule has 0 spiro atoms. The van der Waals surface area contributed by atoms with E-state index in [2.05, 4.69) is 37.1 Å². The first-order valence-electron chi connectivity index (χ1n) is 10.2. The van der Waals surface area contributed by atoms with Crippen LogP contribution in [0.1, 0.15) is 45.2 Å². The standard InChI is InChI=1S/C25H25F2N3O/c1-5-10-30-23-13-22(27)17(12-21(23)16(2)14-25(30,3)4)11-18(15-28)24(31)29-20-8-6-19(26)7-9-20/h6-9,11-14H,5,10H2,1-4H3,(H,29,31)/b18-11+. The molecule has 2 aromatic rings. The fourth-order valence-corrected chi connectivity index (χ4v) is 3.89. The van der Waals surface area contributed by atoms with Crippen molar-refractivity contribution in [2.75, 3.05) is 16.8 Å². The molecule has 0 radical (unpaired) electrons. The Morgan fingerprint density at radius 3 is 2.52 bits per heavy atom. The molecular formula is C25H25F2N3O. The zero-order valence-electron chi connectivity index (χ0n) is 18.1. The fraction of sp³-hybridized carbons (Fsp3) is 0.280. The lowest BCUT2D eigenvalue weighted by atomic mass is 9.87. The van der Waals surface area contributed by atoms with E-state index >= 15 is 4.39 Å². The Hall–Kier alpha value is -3.46. The molecule has 0 aliphatic carbocycles. The Kier molecular flexibility index (Phi) is 6.26. The number of carbonyl (C=O) groups is 1. The van der Waals surface area contributed by atoms with Gasteiger partial charge in [-0.05, 0) is 75.2 Å². The number of anilines is 2. The molecule has 31 heavy (non-hydrogen) atoms. The van der Waals surface area contributed by atoms with E-state index in [1.807, 2.05) is 13.0 Å². The number of halogens is 2. The molecule has 0 fully saturated rings. The number of hydrogen-bond acceptors (Lipinski definition) is 3. The predicted molar refractivity (Wildman–Crippen MR) is 120 cm³/mol. The van der Waals surface area contributed by atoms with Crippen molar-refractivity contribution in [3.05, 3.63) is 70.8 Å². The largest absolute Gasteiger partial charge is 0.362 e. The van der Waals surface area contributed by atoms with Crippen molar-refractivity contribution in [3.63, 3.8) is 0 Å². The number of nitrogens with zero attached hydrogens (tertiary/aromatic N) is 2. The molecule has 0 saturated heterocycles. The number of rotatable bonds is 5. The maximum Gasteiger partial charge on any atom is 0.266 e. The number of nitrogens with one attached hydrogen (secondary N) is 1. The Bertz CT molecular complexity index is 1110. The molecule has 6 heteroatoms. The van der Waals surface area contributed by atoms with E-state index in [-0.39, 0.29) is 16.7 Å². The maximum absolute atomic E-state index is 15.0. The molecule has 160 valence electrons. The van der Waals surface area contributed by atoms with Gasteiger partial charge in [-0.25, -0.2) is 8.78 Å². The summed E-state index contributed by atoms with van der Waals surface area (Å²) in [5.74, 6) is -1.63. The minimum atomic E-state index is -0.688. The van der Waals surface area contributed by atoms with Crippen molar-refractivity contribution < 1.29 is 13.6 Å². The van der Waals surface area contributed by atoms with Crippen LogP contribution < -0.4 is 10.2 Å². The van der Waals surface area contributed by atoms with Crippen LogP contribution in [0.5, 0.6) is 0 Å². The van der Waals surface area contributed by atoms with Gasteiger partial charge in [0.05, 0.1) is 5.54 Å². The van der Waals surface area contributed by atoms with Crippen LogP contribution in [-0.2, 0) is 4.79 Å². The van der Waals surface area contributed by atoms with Gasteiger partial charge in [0, 0.05) is 29.0 Å². The van der Waals surface area contributed by atoms with Gasteiger partial charge in [-0.2, -0.15) is 5.26 Å². The van der Waals surface area contributed by atoms with E-state index in [0.717, 1.165) is 29.8 Å². The maximum atomic E-state index is 15.0. The van der Waals surface area contributed by atoms with E-state index in [0.29, 0.717) is 5.69 Å². The van der Waals surface area contributed by atoms with Crippen molar-refractivity contribution in [1.82, 2.24) is 0 Å². The summed E-state index contributed by atoms with van der Waals surface area (Å²) in [6.07, 6.45) is 4.30. The molecule has 0 bridgehead atoms. The van der Waals surface area contributed by atoms with E-state index in [1.165, 1.54) is 36.4 Å². The molecule has 0 aromatic heterocycles. The second-order valence-corrected chi connectivity index (χ2v) is 8.15. The van der Waals surface area contributed by atoms with Crippen LogP contribution in [0, 0.1) is 23.0 Å². The number of amides is 1. The Morgan fingerprint density at radius 1 is 1.23 bits per heavy atom. The summed E-state index contributed by atoms with van der Waals surface area (Å²) < 4.78 is 28.1. The lowest BCUT2D eigenvalue weighted by molar-refractivity contribution is -0.112. The van der Waals surface area contributed by atoms with Crippen LogP contribution in [0.2, 0.25) is 0 Å². The summed E-state index contributed by atoms with van der Waals surface area (Å²) in [7, 11) is 0. The monoisotopic (exact) mass is 421 g/mol. The average molecular weight is 421 g/mol. The number of carbonyl (C=O) groups excluding carboxylic acids is 1. The molecular weight excluding hydrogens is 396 g/mol. The number of benzene rings is 2. The predicted octanol–water partition coefficient (Wildman–Crippen LogP) is 5.92. The molecule has 4 nitrogen and oxygen atoms in total. The molecule has 1 aliphatic heterocycles. The number of allylic oxidation sites excluding steroid dienone is 1. The van der Waals surface area contributed by atoms with Gasteiger partial charge < -0.3 is 10.2 Å². The lowest BCUT2D eigenvalue weighted by Gasteiger charge is -2.43. The van der Waals surface area contributed by atoms with Gasteiger partial charge in [-0.15, -0.1) is 0 Å². The van der Waals surface area contributed by atoms with Gasteiger partial charge in [0.25, 0.3) is 5.91 Å². The summed E-state index contributed by atoms with van der Waals surface area (Å²) in [5.41, 5.74) is 2.70. The molecule has 0 saturated carbocycles. The first-order chi connectivity index (χ1) is 14.7. The normalized spacial score (nSPS) is 15.1. The van der Waals surface area contributed by atoms with Crippen LogP contribution in [0.3, 0.4) is 0 Å². The third-order valence-electron chi connectivity index (χ3n) is 5.31. The third-order valence-corrected chi connectivity index (χ3v) is 5.31. The Labute approximate surface area is 181 Å². The molecule has 1 heterocycles. The minimum absolute atomic E-state index is 0.161. The van der Waals surface area contributed by atoms with Crippen LogP contribution in [0.4, 0.5) is 20.2 Å². The summed E-state index contributed by atoms with van der Waals surface area (Å²) in [6, 6.07) is 10.2. The van der Waals surface area contributed by atoms with Crippen LogP contribution in [0.15, 0.2) is 48.0 Å². The third kappa shape index (κ3) is 4.66. The van der Waals surface area contributed by atoms with Crippen molar-refractivity contribution in [2.24, 2.45) is 0 Å². The Morgan fingerprint density at radius 2 is 1.90 bits per heavy atom. The molecule has 1 aliphatic rings. The van der Waals surface area contributed by atoms with E-state index in [1.54, 1.807) is 6.07 Å². The van der Waals surface area contributed by atoms with E-state index in [4.69, 9.17) is 0 Å². The van der Waals surface area contributed by atoms with Gasteiger partial charge in [0.1, 0.15) is 23.3 Å². The highest BCUT2D eigenvalue weighted by atomic mass is 19.1. The van der Waals surface area contributed by atoms with Crippen LogP contribution >= 0.6 is 0 Å². The number of nitriles is 1. The number of hydrogen-bond donors (Lipinski definition) is 1. The van der Waals surface area contributed by atoms with Crippen molar-refractivity contribution in [1.29, 1.82) is 5.26 Å². The van der Waals surface area contributed by atoms with Gasteiger partial charge in [0.15, 0.2) is 0 Å². The molecule has 1 N–H and O–H groups in total. The molecule has 0 atom stereocenters. The topological polar surface area (TPSA) is 56.1 Å². The molecule has 3 rings (SSSR count). The van der Waals surface area contributed by atoms with E-state index in [9.17, 15) is 14.4 Å². The second kappa shape index (κ2) is 8.73.